The Morgan fingerprint density at radius 1 is 1.10 bits per heavy atom. The van der Waals surface area contributed by atoms with Gasteiger partial charge in [-0.25, -0.2) is 0 Å². The molecular weight excluding hydrogens is 326 g/mol. The average Bonchev–Trinajstić information content (AvgIpc) is 2.53. The molecule has 0 bridgehead atoms. The summed E-state index contributed by atoms with van der Waals surface area (Å²) in [6, 6.07) is 18.9. The summed E-state index contributed by atoms with van der Waals surface area (Å²) in [5.74, 6) is 0. The van der Waals surface area contributed by atoms with Crippen LogP contribution in [-0.2, 0) is 16.9 Å². The van der Waals surface area contributed by atoms with Crippen LogP contribution in [0.1, 0.15) is 24.5 Å². The van der Waals surface area contributed by atoms with E-state index in [1.165, 1.54) is 15.6 Å². The molecule has 0 aromatic heterocycles. The van der Waals surface area contributed by atoms with Gasteiger partial charge in [-0.2, -0.15) is 0 Å². The molecule has 1 atom stereocenters. The van der Waals surface area contributed by atoms with Gasteiger partial charge in [-0.15, -0.1) is 0 Å². The fourth-order valence-electron chi connectivity index (χ4n) is 2.75. The normalized spacial score (nSPS) is 23.1. The maximum atomic E-state index is 6.19. The summed E-state index contributed by atoms with van der Waals surface area (Å²) in [5.41, 5.74) is 2.42. The van der Waals surface area contributed by atoms with Crippen LogP contribution in [0, 0.1) is 0 Å². The number of ether oxygens (including phenoxy) is 1. The van der Waals surface area contributed by atoms with Crippen LogP contribution in [0.5, 0.6) is 0 Å². The summed E-state index contributed by atoms with van der Waals surface area (Å²) >= 11 is 3.61. The molecule has 2 nitrogen and oxygen atoms in total. The van der Waals surface area contributed by atoms with Crippen molar-refractivity contribution in [2.75, 3.05) is 13.3 Å². The van der Waals surface area contributed by atoms with Crippen LogP contribution in [0.2, 0.25) is 0 Å². The van der Waals surface area contributed by atoms with E-state index in [0.717, 1.165) is 19.5 Å². The lowest BCUT2D eigenvalue weighted by Crippen LogP contribution is -2.42. The van der Waals surface area contributed by atoms with Gasteiger partial charge in [0.15, 0.2) is 0 Å². The van der Waals surface area contributed by atoms with Crippen molar-refractivity contribution in [2.24, 2.45) is 0 Å². The fourth-order valence-corrected chi connectivity index (χ4v) is 3.16. The van der Waals surface area contributed by atoms with Crippen LogP contribution in [0.4, 0.5) is 0 Å². The van der Waals surface area contributed by atoms with Crippen LogP contribution in [-0.4, -0.2) is 18.2 Å². The lowest BCUT2D eigenvalue weighted by atomic mass is 9.91. The first-order valence-electron chi connectivity index (χ1n) is 7.33. The smallest absolute Gasteiger partial charge is 0.100 e. The summed E-state index contributed by atoms with van der Waals surface area (Å²) in [5, 5.41) is 0. The van der Waals surface area contributed by atoms with E-state index in [0.29, 0.717) is 6.73 Å². The van der Waals surface area contributed by atoms with Crippen LogP contribution in [0.3, 0.4) is 0 Å². The van der Waals surface area contributed by atoms with Crippen molar-refractivity contribution in [3.63, 3.8) is 0 Å². The summed E-state index contributed by atoms with van der Waals surface area (Å²) in [6.07, 6.45) is 1.02. The molecule has 1 aliphatic rings. The number of nitrogens with zero attached hydrogens (tertiary/aromatic N) is 1. The summed E-state index contributed by atoms with van der Waals surface area (Å²) in [4.78, 5) is 2.35. The largest absolute Gasteiger partial charge is 0.355 e. The summed E-state index contributed by atoms with van der Waals surface area (Å²) < 4.78 is 7.35. The van der Waals surface area contributed by atoms with E-state index < -0.39 is 0 Å². The number of rotatable bonds is 3. The van der Waals surface area contributed by atoms with Gasteiger partial charge < -0.3 is 4.74 Å². The van der Waals surface area contributed by atoms with E-state index in [9.17, 15) is 0 Å². The lowest BCUT2D eigenvalue weighted by molar-refractivity contribution is -0.136. The number of hydrogen-bond acceptors (Lipinski definition) is 2. The van der Waals surface area contributed by atoms with Crippen molar-refractivity contribution in [3.05, 3.63) is 70.2 Å². The Balaban J connectivity index is 1.64. The maximum Gasteiger partial charge on any atom is 0.100 e. The Kier molecular flexibility index (Phi) is 4.43. The molecule has 1 heterocycles. The molecule has 3 heteroatoms. The van der Waals surface area contributed by atoms with Gasteiger partial charge in [0.1, 0.15) is 6.73 Å². The van der Waals surface area contributed by atoms with Gasteiger partial charge in [0.05, 0.1) is 5.60 Å². The minimum atomic E-state index is -0.161. The monoisotopic (exact) mass is 345 g/mol. The van der Waals surface area contributed by atoms with Gasteiger partial charge >= 0.3 is 0 Å². The summed E-state index contributed by atoms with van der Waals surface area (Å²) in [6.45, 7) is 4.84. The quantitative estimate of drug-likeness (QED) is 0.809. The zero-order valence-electron chi connectivity index (χ0n) is 12.3. The van der Waals surface area contributed by atoms with E-state index in [2.05, 4.69) is 76.3 Å². The molecule has 0 N–H and O–H groups in total. The SMILES string of the molecule is CC1(c2ccccc2)CCN(Cc2ccccc2Br)CO1. The Bertz CT molecular complexity index is 591. The second kappa shape index (κ2) is 6.30. The molecule has 21 heavy (non-hydrogen) atoms. The molecule has 110 valence electrons. The summed E-state index contributed by atoms with van der Waals surface area (Å²) in [7, 11) is 0. The van der Waals surface area contributed by atoms with Crippen LogP contribution in [0.15, 0.2) is 59.1 Å². The third-order valence-electron chi connectivity index (χ3n) is 4.21. The minimum Gasteiger partial charge on any atom is -0.355 e. The Morgan fingerprint density at radius 3 is 2.48 bits per heavy atom. The van der Waals surface area contributed by atoms with Crippen LogP contribution < -0.4 is 0 Å². The first kappa shape index (κ1) is 14.8. The fraction of sp³-hybridized carbons (Fsp3) is 0.333. The lowest BCUT2D eigenvalue weighted by Gasteiger charge is -2.40. The van der Waals surface area contributed by atoms with E-state index in [1.807, 2.05) is 6.07 Å². The molecule has 1 unspecified atom stereocenters. The van der Waals surface area contributed by atoms with E-state index in [1.54, 1.807) is 0 Å². The predicted molar refractivity (Wildman–Crippen MR) is 88.9 cm³/mol. The number of benzene rings is 2. The zero-order valence-corrected chi connectivity index (χ0v) is 13.8. The molecule has 0 amide bonds. The molecule has 3 rings (SSSR count). The highest BCUT2D eigenvalue weighted by atomic mass is 79.9. The Morgan fingerprint density at radius 2 is 1.81 bits per heavy atom. The Labute approximate surface area is 134 Å². The zero-order chi connectivity index (χ0) is 14.7. The highest BCUT2D eigenvalue weighted by molar-refractivity contribution is 9.10. The second-order valence-corrected chi connectivity index (χ2v) is 6.62. The third kappa shape index (κ3) is 3.37. The van der Waals surface area contributed by atoms with Crippen molar-refractivity contribution in [2.45, 2.75) is 25.5 Å². The van der Waals surface area contributed by atoms with E-state index in [-0.39, 0.29) is 5.60 Å². The maximum absolute atomic E-state index is 6.19. The van der Waals surface area contributed by atoms with Gasteiger partial charge in [0.25, 0.3) is 0 Å². The molecule has 1 saturated heterocycles. The van der Waals surface area contributed by atoms with Crippen LogP contribution >= 0.6 is 15.9 Å². The first-order chi connectivity index (χ1) is 10.2. The highest BCUT2D eigenvalue weighted by Crippen LogP contribution is 2.33. The predicted octanol–water partition coefficient (Wildman–Crippen LogP) is 4.54. The molecule has 1 fully saturated rings. The van der Waals surface area contributed by atoms with E-state index in [4.69, 9.17) is 4.74 Å². The molecule has 0 saturated carbocycles. The van der Waals surface area contributed by atoms with Crippen molar-refractivity contribution >= 4 is 15.9 Å². The highest BCUT2D eigenvalue weighted by Gasteiger charge is 2.32. The number of halogens is 1. The molecule has 0 radical (unpaired) electrons. The second-order valence-electron chi connectivity index (χ2n) is 5.76. The Hall–Kier alpha value is -1.16. The first-order valence-corrected chi connectivity index (χ1v) is 8.12. The topological polar surface area (TPSA) is 12.5 Å². The average molecular weight is 346 g/mol. The number of hydrogen-bond donors (Lipinski definition) is 0. The van der Waals surface area contributed by atoms with Crippen molar-refractivity contribution < 1.29 is 4.74 Å². The third-order valence-corrected chi connectivity index (χ3v) is 4.98. The van der Waals surface area contributed by atoms with Gasteiger partial charge in [-0.05, 0) is 30.5 Å². The van der Waals surface area contributed by atoms with Crippen molar-refractivity contribution in [3.8, 4) is 0 Å². The molecule has 0 spiro atoms. The van der Waals surface area contributed by atoms with Crippen molar-refractivity contribution in [1.29, 1.82) is 0 Å². The van der Waals surface area contributed by atoms with Gasteiger partial charge in [0, 0.05) is 17.6 Å². The van der Waals surface area contributed by atoms with Gasteiger partial charge in [-0.1, -0.05) is 64.5 Å². The molecular formula is C18H20BrNO. The molecule has 0 aliphatic carbocycles. The van der Waals surface area contributed by atoms with Gasteiger partial charge in [-0.3, -0.25) is 4.90 Å². The standard InChI is InChI=1S/C18H20BrNO/c1-18(16-8-3-2-4-9-16)11-12-20(14-21-18)13-15-7-5-6-10-17(15)19/h2-10H,11-14H2,1H3. The van der Waals surface area contributed by atoms with Gasteiger partial charge in [0.2, 0.25) is 0 Å². The minimum absolute atomic E-state index is 0.161. The molecule has 2 aromatic carbocycles. The van der Waals surface area contributed by atoms with Crippen molar-refractivity contribution in [1.82, 2.24) is 4.90 Å². The van der Waals surface area contributed by atoms with E-state index >= 15 is 0 Å². The molecule has 1 aliphatic heterocycles. The van der Waals surface area contributed by atoms with Crippen LogP contribution in [0.25, 0.3) is 0 Å². The molecule has 2 aromatic rings.